The normalized spacial score (nSPS) is 26.1. The summed E-state index contributed by atoms with van der Waals surface area (Å²) in [5.74, 6) is 2.18. The van der Waals surface area contributed by atoms with Crippen molar-refractivity contribution in [3.05, 3.63) is 41.5 Å². The van der Waals surface area contributed by atoms with Crippen LogP contribution in [0, 0.1) is 29.4 Å². The highest BCUT2D eigenvalue weighted by Crippen LogP contribution is 2.49. The van der Waals surface area contributed by atoms with E-state index in [2.05, 4.69) is 6.92 Å². The number of hydrogen-bond donors (Lipinski definition) is 0. The van der Waals surface area contributed by atoms with Gasteiger partial charge < -0.3 is 4.74 Å². The van der Waals surface area contributed by atoms with Crippen molar-refractivity contribution in [2.45, 2.75) is 89.9 Å². The fourth-order valence-corrected chi connectivity index (χ4v) is 6.34. The van der Waals surface area contributed by atoms with Crippen LogP contribution < -0.4 is 4.74 Å². The van der Waals surface area contributed by atoms with E-state index in [1.807, 2.05) is 12.1 Å². The molecule has 4 atom stereocenters. The summed E-state index contributed by atoms with van der Waals surface area (Å²) < 4.78 is 34.6. The van der Waals surface area contributed by atoms with Crippen molar-refractivity contribution in [2.24, 2.45) is 17.8 Å². The number of ether oxygens (including phenoxy) is 1. The minimum Gasteiger partial charge on any atom is -0.494 e. The van der Waals surface area contributed by atoms with Crippen LogP contribution in [0.25, 0.3) is 10.8 Å². The van der Waals surface area contributed by atoms with Gasteiger partial charge in [-0.05, 0) is 78.9 Å². The Morgan fingerprint density at radius 2 is 1.68 bits per heavy atom. The molecule has 2 saturated carbocycles. The molecule has 0 radical (unpaired) electrons. The average molecular weight is 429 g/mol. The Kier molecular flexibility index (Phi) is 7.51. The van der Waals surface area contributed by atoms with E-state index in [-0.39, 0.29) is 17.5 Å². The molecule has 170 valence electrons. The summed E-state index contributed by atoms with van der Waals surface area (Å²) >= 11 is 0. The molecule has 2 unspecified atom stereocenters. The predicted octanol–water partition coefficient (Wildman–Crippen LogP) is 8.79. The SMILES string of the molecule is CCCCCCCC1CCC2C[C@H](c3ccc4cc(OC)c(F)cc4c3F)CC[C@@H]2C1. The van der Waals surface area contributed by atoms with Gasteiger partial charge in [0.2, 0.25) is 0 Å². The molecule has 0 amide bonds. The molecule has 2 aromatic carbocycles. The Balaban J connectivity index is 1.38. The van der Waals surface area contributed by atoms with Gasteiger partial charge in [-0.15, -0.1) is 0 Å². The van der Waals surface area contributed by atoms with Crippen LogP contribution in [0.5, 0.6) is 5.75 Å². The quantitative estimate of drug-likeness (QED) is 0.382. The van der Waals surface area contributed by atoms with Crippen molar-refractivity contribution in [3.63, 3.8) is 0 Å². The van der Waals surface area contributed by atoms with Gasteiger partial charge in [0.15, 0.2) is 11.6 Å². The molecular weight excluding hydrogens is 390 g/mol. The summed E-state index contributed by atoms with van der Waals surface area (Å²) in [5.41, 5.74) is 0.786. The zero-order chi connectivity index (χ0) is 21.8. The molecular formula is C28H38F2O. The molecule has 0 saturated heterocycles. The molecule has 2 aromatic rings. The van der Waals surface area contributed by atoms with Crippen LogP contribution in [0.2, 0.25) is 0 Å². The molecule has 31 heavy (non-hydrogen) atoms. The van der Waals surface area contributed by atoms with E-state index in [9.17, 15) is 4.39 Å². The number of methoxy groups -OCH3 is 1. The van der Waals surface area contributed by atoms with Gasteiger partial charge in [0.1, 0.15) is 5.82 Å². The van der Waals surface area contributed by atoms with E-state index >= 15 is 4.39 Å². The van der Waals surface area contributed by atoms with Gasteiger partial charge in [0, 0.05) is 5.39 Å². The fraction of sp³-hybridized carbons (Fsp3) is 0.643. The number of halogens is 2. The van der Waals surface area contributed by atoms with Crippen LogP contribution in [0.1, 0.15) is 95.5 Å². The van der Waals surface area contributed by atoms with Crippen LogP contribution in [-0.4, -0.2) is 7.11 Å². The second-order valence-electron chi connectivity index (χ2n) is 10.1. The van der Waals surface area contributed by atoms with Crippen LogP contribution >= 0.6 is 0 Å². The molecule has 2 fully saturated rings. The van der Waals surface area contributed by atoms with Gasteiger partial charge in [-0.2, -0.15) is 0 Å². The van der Waals surface area contributed by atoms with E-state index in [0.29, 0.717) is 10.8 Å². The van der Waals surface area contributed by atoms with Crippen LogP contribution in [0.15, 0.2) is 24.3 Å². The third-order valence-corrected chi connectivity index (χ3v) is 8.13. The van der Waals surface area contributed by atoms with Gasteiger partial charge in [0.25, 0.3) is 0 Å². The lowest BCUT2D eigenvalue weighted by Gasteiger charge is -2.42. The maximum absolute atomic E-state index is 15.4. The molecule has 1 nitrogen and oxygen atoms in total. The lowest BCUT2D eigenvalue weighted by atomic mass is 9.63. The summed E-state index contributed by atoms with van der Waals surface area (Å²) in [4.78, 5) is 0. The van der Waals surface area contributed by atoms with Gasteiger partial charge in [-0.25, -0.2) is 8.78 Å². The second kappa shape index (κ2) is 10.3. The Labute approximate surface area is 186 Å². The first-order valence-electron chi connectivity index (χ1n) is 12.6. The highest BCUT2D eigenvalue weighted by molar-refractivity contribution is 5.85. The molecule has 3 heteroatoms. The average Bonchev–Trinajstić information content (AvgIpc) is 2.79. The van der Waals surface area contributed by atoms with E-state index < -0.39 is 5.82 Å². The Morgan fingerprint density at radius 1 is 0.903 bits per heavy atom. The van der Waals surface area contributed by atoms with Crippen molar-refractivity contribution in [1.29, 1.82) is 0 Å². The number of unbranched alkanes of at least 4 members (excludes halogenated alkanes) is 4. The molecule has 4 rings (SSSR count). The summed E-state index contributed by atoms with van der Waals surface area (Å²) in [7, 11) is 1.44. The smallest absolute Gasteiger partial charge is 0.165 e. The van der Waals surface area contributed by atoms with Crippen molar-refractivity contribution in [1.82, 2.24) is 0 Å². The molecule has 0 spiro atoms. The third kappa shape index (κ3) is 5.07. The van der Waals surface area contributed by atoms with Crippen LogP contribution in [0.3, 0.4) is 0 Å². The first-order chi connectivity index (χ1) is 15.1. The number of fused-ring (bicyclic) bond motifs is 2. The van der Waals surface area contributed by atoms with Crippen molar-refractivity contribution < 1.29 is 13.5 Å². The first kappa shape index (κ1) is 22.6. The highest BCUT2D eigenvalue weighted by atomic mass is 19.1. The summed E-state index contributed by atoms with van der Waals surface area (Å²) in [6, 6.07) is 6.75. The second-order valence-corrected chi connectivity index (χ2v) is 10.1. The molecule has 2 aliphatic rings. The standard InChI is InChI=1S/C28H38F2O/c1-3-4-5-6-7-8-19-9-10-21-16-22(12-11-20(21)15-19)24-14-13-23-17-27(31-2)26(29)18-25(23)28(24)30/h13-14,17-22H,3-12,15-16H2,1-2H3/t19?,20-,21?,22-/m1/s1. The maximum Gasteiger partial charge on any atom is 0.165 e. The minimum absolute atomic E-state index is 0.169. The van der Waals surface area contributed by atoms with Gasteiger partial charge in [0.05, 0.1) is 7.11 Å². The Bertz CT molecular complexity index is 877. The Morgan fingerprint density at radius 3 is 2.48 bits per heavy atom. The summed E-state index contributed by atoms with van der Waals surface area (Å²) in [5, 5.41) is 1.08. The van der Waals surface area contributed by atoms with Crippen LogP contribution in [-0.2, 0) is 0 Å². The highest BCUT2D eigenvalue weighted by Gasteiger charge is 2.36. The fourth-order valence-electron chi connectivity index (χ4n) is 6.34. The third-order valence-electron chi connectivity index (χ3n) is 8.13. The topological polar surface area (TPSA) is 9.23 Å². The van der Waals surface area contributed by atoms with E-state index in [4.69, 9.17) is 4.74 Å². The largest absolute Gasteiger partial charge is 0.494 e. The summed E-state index contributed by atoms with van der Waals surface area (Å²) in [6.07, 6.45) is 15.7. The Hall–Kier alpha value is -1.64. The molecule has 2 aliphatic carbocycles. The lowest BCUT2D eigenvalue weighted by molar-refractivity contribution is 0.112. The molecule has 0 aromatic heterocycles. The molecule has 0 N–H and O–H groups in total. The van der Waals surface area contributed by atoms with Gasteiger partial charge in [-0.1, -0.05) is 64.0 Å². The number of benzene rings is 2. The van der Waals surface area contributed by atoms with Crippen LogP contribution in [0.4, 0.5) is 8.78 Å². The van der Waals surface area contributed by atoms with E-state index in [1.54, 1.807) is 6.07 Å². The van der Waals surface area contributed by atoms with Gasteiger partial charge in [-0.3, -0.25) is 0 Å². The maximum atomic E-state index is 15.4. The predicted molar refractivity (Wildman–Crippen MR) is 125 cm³/mol. The zero-order valence-electron chi connectivity index (χ0n) is 19.3. The minimum atomic E-state index is -0.497. The van der Waals surface area contributed by atoms with E-state index in [0.717, 1.165) is 36.2 Å². The molecule has 0 heterocycles. The summed E-state index contributed by atoms with van der Waals surface area (Å²) in [6.45, 7) is 2.27. The van der Waals surface area contributed by atoms with Crippen molar-refractivity contribution in [2.75, 3.05) is 7.11 Å². The zero-order valence-corrected chi connectivity index (χ0v) is 19.3. The molecule has 0 aliphatic heterocycles. The van der Waals surface area contributed by atoms with Gasteiger partial charge >= 0.3 is 0 Å². The molecule has 0 bridgehead atoms. The number of hydrogen-bond acceptors (Lipinski definition) is 1. The van der Waals surface area contributed by atoms with Crippen molar-refractivity contribution >= 4 is 10.8 Å². The monoisotopic (exact) mass is 428 g/mol. The van der Waals surface area contributed by atoms with E-state index in [1.165, 1.54) is 77.4 Å². The lowest BCUT2D eigenvalue weighted by Crippen LogP contribution is -2.30. The number of rotatable bonds is 8. The van der Waals surface area contributed by atoms with Crippen molar-refractivity contribution in [3.8, 4) is 5.75 Å². The first-order valence-corrected chi connectivity index (χ1v) is 12.6.